The summed E-state index contributed by atoms with van der Waals surface area (Å²) < 4.78 is 0. The van der Waals surface area contributed by atoms with Crippen molar-refractivity contribution in [3.63, 3.8) is 0 Å². The molecule has 0 saturated carbocycles. The Hall–Kier alpha value is -2.16. The smallest absolute Gasteiger partial charge is 0.227 e. The second-order valence-corrected chi connectivity index (χ2v) is 4.41. The largest absolute Gasteiger partial charge is 0.350 e. The summed E-state index contributed by atoms with van der Waals surface area (Å²) in [6, 6.07) is 15.6. The highest BCUT2D eigenvalue weighted by atomic mass is 16.1. The summed E-state index contributed by atoms with van der Waals surface area (Å²) >= 11 is 0. The lowest BCUT2D eigenvalue weighted by Crippen LogP contribution is -2.29. The van der Waals surface area contributed by atoms with Crippen molar-refractivity contribution in [3.05, 3.63) is 66.0 Å². The number of nitrogens with zero attached hydrogens (tertiary/aromatic N) is 1. The van der Waals surface area contributed by atoms with Gasteiger partial charge in [0.1, 0.15) is 0 Å². The van der Waals surface area contributed by atoms with Gasteiger partial charge in [0.25, 0.3) is 0 Å². The maximum Gasteiger partial charge on any atom is 0.227 e. The SMILES string of the molecule is CCC(C(=O)NCc1ccccn1)c1ccccc1. The molecular formula is C16H18N2O. The van der Waals surface area contributed by atoms with E-state index in [4.69, 9.17) is 0 Å². The number of hydrogen-bond donors (Lipinski definition) is 1. The van der Waals surface area contributed by atoms with Gasteiger partial charge in [-0.05, 0) is 24.1 Å². The molecule has 0 saturated heterocycles. The van der Waals surface area contributed by atoms with Gasteiger partial charge in [0.15, 0.2) is 0 Å². The van der Waals surface area contributed by atoms with Gasteiger partial charge in [-0.3, -0.25) is 9.78 Å². The molecule has 1 aromatic carbocycles. The van der Waals surface area contributed by atoms with Gasteiger partial charge in [0, 0.05) is 6.20 Å². The third-order valence-corrected chi connectivity index (χ3v) is 3.10. The average molecular weight is 254 g/mol. The zero-order valence-electron chi connectivity index (χ0n) is 11.0. The lowest BCUT2D eigenvalue weighted by Gasteiger charge is -2.15. The van der Waals surface area contributed by atoms with Crippen LogP contribution in [0.1, 0.15) is 30.5 Å². The zero-order valence-corrected chi connectivity index (χ0v) is 11.0. The molecule has 1 atom stereocenters. The predicted molar refractivity (Wildman–Crippen MR) is 75.6 cm³/mol. The second-order valence-electron chi connectivity index (χ2n) is 4.41. The van der Waals surface area contributed by atoms with Crippen molar-refractivity contribution in [1.29, 1.82) is 0 Å². The van der Waals surface area contributed by atoms with E-state index < -0.39 is 0 Å². The molecular weight excluding hydrogens is 236 g/mol. The Balaban J connectivity index is 1.98. The molecule has 0 aliphatic heterocycles. The van der Waals surface area contributed by atoms with Crippen molar-refractivity contribution in [1.82, 2.24) is 10.3 Å². The minimum Gasteiger partial charge on any atom is -0.350 e. The van der Waals surface area contributed by atoms with Crippen LogP contribution < -0.4 is 5.32 Å². The number of carbonyl (C=O) groups is 1. The summed E-state index contributed by atoms with van der Waals surface area (Å²) in [5.41, 5.74) is 1.93. The Morgan fingerprint density at radius 1 is 1.16 bits per heavy atom. The summed E-state index contributed by atoms with van der Waals surface area (Å²) in [5, 5.41) is 2.95. The number of benzene rings is 1. The van der Waals surface area contributed by atoms with E-state index in [9.17, 15) is 4.79 Å². The molecule has 1 unspecified atom stereocenters. The molecule has 1 amide bonds. The summed E-state index contributed by atoms with van der Waals surface area (Å²) in [6.45, 7) is 2.50. The van der Waals surface area contributed by atoms with Crippen molar-refractivity contribution >= 4 is 5.91 Å². The summed E-state index contributed by atoms with van der Waals surface area (Å²) in [4.78, 5) is 16.4. The Kier molecular flexibility index (Phi) is 4.67. The molecule has 1 aromatic heterocycles. The molecule has 1 heterocycles. The van der Waals surface area contributed by atoms with E-state index in [2.05, 4.69) is 10.3 Å². The number of carbonyl (C=O) groups excluding carboxylic acids is 1. The van der Waals surface area contributed by atoms with Gasteiger partial charge in [-0.2, -0.15) is 0 Å². The molecule has 19 heavy (non-hydrogen) atoms. The fourth-order valence-corrected chi connectivity index (χ4v) is 2.06. The second kappa shape index (κ2) is 6.69. The molecule has 0 bridgehead atoms. The molecule has 3 heteroatoms. The van der Waals surface area contributed by atoms with Gasteiger partial charge >= 0.3 is 0 Å². The van der Waals surface area contributed by atoms with Crippen molar-refractivity contribution in [2.45, 2.75) is 25.8 Å². The first kappa shape index (κ1) is 13.3. The third kappa shape index (κ3) is 3.65. The van der Waals surface area contributed by atoms with Gasteiger partial charge in [-0.1, -0.05) is 43.3 Å². The predicted octanol–water partition coefficient (Wildman–Crippen LogP) is 2.89. The molecule has 0 spiro atoms. The molecule has 0 aliphatic rings. The monoisotopic (exact) mass is 254 g/mol. The van der Waals surface area contributed by atoms with Crippen LogP contribution in [0, 0.1) is 0 Å². The van der Waals surface area contributed by atoms with Crippen molar-refractivity contribution < 1.29 is 4.79 Å². The van der Waals surface area contributed by atoms with Crippen LogP contribution in [0.4, 0.5) is 0 Å². The van der Waals surface area contributed by atoms with Gasteiger partial charge in [0.2, 0.25) is 5.91 Å². The molecule has 0 radical (unpaired) electrons. The maximum atomic E-state index is 12.2. The van der Waals surface area contributed by atoms with Crippen LogP contribution in [0.3, 0.4) is 0 Å². The molecule has 2 rings (SSSR count). The minimum absolute atomic E-state index is 0.0550. The first-order valence-electron chi connectivity index (χ1n) is 6.54. The Morgan fingerprint density at radius 2 is 1.89 bits per heavy atom. The fraction of sp³-hybridized carbons (Fsp3) is 0.250. The van der Waals surface area contributed by atoms with Gasteiger partial charge in [0.05, 0.1) is 18.2 Å². The van der Waals surface area contributed by atoms with E-state index in [0.717, 1.165) is 17.7 Å². The number of aromatic nitrogens is 1. The summed E-state index contributed by atoms with van der Waals surface area (Å²) in [6.07, 6.45) is 2.52. The van der Waals surface area contributed by atoms with Crippen molar-refractivity contribution in [2.24, 2.45) is 0 Å². The first-order chi connectivity index (χ1) is 9.31. The van der Waals surface area contributed by atoms with Gasteiger partial charge < -0.3 is 5.32 Å². The fourth-order valence-electron chi connectivity index (χ4n) is 2.06. The Bertz CT molecular complexity index is 511. The van der Waals surface area contributed by atoms with Crippen LogP contribution >= 0.6 is 0 Å². The number of amides is 1. The highest BCUT2D eigenvalue weighted by Gasteiger charge is 2.17. The lowest BCUT2D eigenvalue weighted by atomic mass is 9.96. The van der Waals surface area contributed by atoms with Gasteiger partial charge in [-0.25, -0.2) is 0 Å². The van der Waals surface area contributed by atoms with Crippen molar-refractivity contribution in [2.75, 3.05) is 0 Å². The van der Waals surface area contributed by atoms with E-state index in [1.54, 1.807) is 6.20 Å². The molecule has 2 aromatic rings. The highest BCUT2D eigenvalue weighted by Crippen LogP contribution is 2.19. The van der Waals surface area contributed by atoms with E-state index in [0.29, 0.717) is 6.54 Å². The zero-order chi connectivity index (χ0) is 13.5. The number of rotatable bonds is 5. The molecule has 0 fully saturated rings. The Morgan fingerprint density at radius 3 is 2.53 bits per heavy atom. The van der Waals surface area contributed by atoms with E-state index in [1.165, 1.54) is 0 Å². The highest BCUT2D eigenvalue weighted by molar-refractivity contribution is 5.83. The van der Waals surface area contributed by atoms with E-state index in [-0.39, 0.29) is 11.8 Å². The first-order valence-corrected chi connectivity index (χ1v) is 6.54. The van der Waals surface area contributed by atoms with Crippen LogP contribution in [-0.2, 0) is 11.3 Å². The van der Waals surface area contributed by atoms with Crippen LogP contribution in [0.25, 0.3) is 0 Å². The molecule has 0 aliphatic carbocycles. The van der Waals surface area contributed by atoms with E-state index >= 15 is 0 Å². The molecule has 1 N–H and O–H groups in total. The molecule has 3 nitrogen and oxygen atoms in total. The lowest BCUT2D eigenvalue weighted by molar-refractivity contribution is -0.122. The Labute approximate surface area is 113 Å². The standard InChI is InChI=1S/C16H18N2O/c1-2-15(13-8-4-3-5-9-13)16(19)18-12-14-10-6-7-11-17-14/h3-11,15H,2,12H2,1H3,(H,18,19). The normalized spacial score (nSPS) is 11.8. The summed E-state index contributed by atoms with van der Waals surface area (Å²) in [5.74, 6) is -0.0377. The van der Waals surface area contributed by atoms with Crippen molar-refractivity contribution in [3.8, 4) is 0 Å². The van der Waals surface area contributed by atoms with Crippen LogP contribution in [0.2, 0.25) is 0 Å². The maximum absolute atomic E-state index is 12.2. The number of hydrogen-bond acceptors (Lipinski definition) is 2. The van der Waals surface area contributed by atoms with Crippen LogP contribution in [-0.4, -0.2) is 10.9 Å². The minimum atomic E-state index is -0.0927. The third-order valence-electron chi connectivity index (χ3n) is 3.10. The topological polar surface area (TPSA) is 42.0 Å². The van der Waals surface area contributed by atoms with Gasteiger partial charge in [-0.15, -0.1) is 0 Å². The van der Waals surface area contributed by atoms with Crippen LogP contribution in [0.5, 0.6) is 0 Å². The quantitative estimate of drug-likeness (QED) is 0.891. The number of nitrogens with one attached hydrogen (secondary N) is 1. The van der Waals surface area contributed by atoms with E-state index in [1.807, 2.05) is 55.5 Å². The number of pyridine rings is 1. The average Bonchev–Trinajstić information content (AvgIpc) is 2.48. The molecule has 98 valence electrons. The summed E-state index contributed by atoms with van der Waals surface area (Å²) in [7, 11) is 0. The van der Waals surface area contributed by atoms with Crippen LogP contribution in [0.15, 0.2) is 54.7 Å².